The van der Waals surface area contributed by atoms with Gasteiger partial charge >= 0.3 is 0 Å². The first-order valence-electron chi connectivity index (χ1n) is 4.59. The van der Waals surface area contributed by atoms with Gasteiger partial charge in [-0.3, -0.25) is 9.78 Å². The Morgan fingerprint density at radius 3 is 3.29 bits per heavy atom. The monoisotopic (exact) mass is 190 g/mol. The second-order valence-corrected chi connectivity index (χ2v) is 3.37. The molecule has 0 bridgehead atoms. The number of aromatic nitrogens is 1. The summed E-state index contributed by atoms with van der Waals surface area (Å²) in [6.45, 7) is 1.60. The molecule has 73 valence electrons. The number of carbonyl (C=O) groups is 1. The van der Waals surface area contributed by atoms with Crippen molar-refractivity contribution in [3.05, 3.63) is 30.1 Å². The van der Waals surface area contributed by atoms with Gasteiger partial charge in [0.25, 0.3) is 0 Å². The van der Waals surface area contributed by atoms with Crippen LogP contribution in [0.4, 0.5) is 0 Å². The van der Waals surface area contributed by atoms with E-state index in [0.717, 1.165) is 18.7 Å². The van der Waals surface area contributed by atoms with Crippen molar-refractivity contribution < 1.29 is 4.79 Å². The molecule has 1 aliphatic heterocycles. The summed E-state index contributed by atoms with van der Waals surface area (Å²) in [4.78, 5) is 17.3. The number of rotatable bonds is 1. The summed E-state index contributed by atoms with van der Waals surface area (Å²) in [6.07, 6.45) is 4.38. The number of pyridine rings is 1. The van der Waals surface area contributed by atoms with Crippen LogP contribution in [0.25, 0.3) is 0 Å². The molecule has 1 aliphatic rings. The first kappa shape index (κ1) is 9.15. The molecule has 1 amide bonds. The summed E-state index contributed by atoms with van der Waals surface area (Å²) < 4.78 is 0. The SMILES string of the molecule is CN1CCNC(c2c[c]ncc2)C1=O. The first-order chi connectivity index (χ1) is 6.79. The quantitative estimate of drug-likeness (QED) is 0.677. The minimum absolute atomic E-state index is 0.107. The van der Waals surface area contributed by atoms with Gasteiger partial charge in [-0.1, -0.05) is 0 Å². The van der Waals surface area contributed by atoms with Crippen LogP contribution in [0.1, 0.15) is 11.6 Å². The summed E-state index contributed by atoms with van der Waals surface area (Å²) in [6, 6.07) is 3.35. The topological polar surface area (TPSA) is 45.2 Å². The number of nitrogens with zero attached hydrogens (tertiary/aromatic N) is 2. The lowest BCUT2D eigenvalue weighted by Gasteiger charge is -2.30. The van der Waals surface area contributed by atoms with Crippen LogP contribution in [0.3, 0.4) is 0 Å². The molecule has 1 radical (unpaired) electrons. The number of amides is 1. The lowest BCUT2D eigenvalue weighted by molar-refractivity contribution is -0.134. The molecule has 2 rings (SSSR count). The Morgan fingerprint density at radius 2 is 2.57 bits per heavy atom. The van der Waals surface area contributed by atoms with Crippen molar-refractivity contribution >= 4 is 5.91 Å². The van der Waals surface area contributed by atoms with E-state index in [2.05, 4.69) is 16.5 Å². The molecule has 0 aromatic carbocycles. The largest absolute Gasteiger partial charge is 0.343 e. The smallest absolute Gasteiger partial charge is 0.244 e. The van der Waals surface area contributed by atoms with Crippen molar-refractivity contribution in [1.29, 1.82) is 0 Å². The van der Waals surface area contributed by atoms with E-state index in [-0.39, 0.29) is 11.9 Å². The van der Waals surface area contributed by atoms with Gasteiger partial charge in [0.15, 0.2) is 0 Å². The predicted molar refractivity (Wildman–Crippen MR) is 51.5 cm³/mol. The highest BCUT2D eigenvalue weighted by atomic mass is 16.2. The number of carbonyl (C=O) groups excluding carboxylic acids is 1. The second-order valence-electron chi connectivity index (χ2n) is 3.37. The molecule has 1 unspecified atom stereocenters. The Kier molecular flexibility index (Phi) is 2.45. The highest BCUT2D eigenvalue weighted by Gasteiger charge is 2.26. The van der Waals surface area contributed by atoms with Crippen LogP contribution >= 0.6 is 0 Å². The van der Waals surface area contributed by atoms with E-state index in [9.17, 15) is 4.79 Å². The van der Waals surface area contributed by atoms with Gasteiger partial charge in [0, 0.05) is 26.3 Å². The molecular weight excluding hydrogens is 178 g/mol. The van der Waals surface area contributed by atoms with Gasteiger partial charge in [0.2, 0.25) is 5.91 Å². The Balaban J connectivity index is 2.22. The van der Waals surface area contributed by atoms with Crippen molar-refractivity contribution in [2.75, 3.05) is 20.1 Å². The maximum Gasteiger partial charge on any atom is 0.244 e. The van der Waals surface area contributed by atoms with Gasteiger partial charge in [-0.2, -0.15) is 0 Å². The third-order valence-electron chi connectivity index (χ3n) is 2.40. The summed E-state index contributed by atoms with van der Waals surface area (Å²) in [5, 5.41) is 3.18. The third-order valence-corrected chi connectivity index (χ3v) is 2.40. The molecule has 4 heteroatoms. The van der Waals surface area contributed by atoms with Gasteiger partial charge in [0.1, 0.15) is 6.04 Å². The number of nitrogens with one attached hydrogen (secondary N) is 1. The number of piperazine rings is 1. The molecule has 1 fully saturated rings. The van der Waals surface area contributed by atoms with Crippen molar-refractivity contribution in [1.82, 2.24) is 15.2 Å². The maximum absolute atomic E-state index is 11.8. The number of hydrogen-bond donors (Lipinski definition) is 1. The van der Waals surface area contributed by atoms with Gasteiger partial charge < -0.3 is 10.2 Å². The van der Waals surface area contributed by atoms with E-state index in [1.165, 1.54) is 0 Å². The summed E-state index contributed by atoms with van der Waals surface area (Å²) in [5.74, 6) is 0.107. The molecule has 1 N–H and O–H groups in total. The molecule has 14 heavy (non-hydrogen) atoms. The van der Waals surface area contributed by atoms with E-state index in [1.807, 2.05) is 13.1 Å². The predicted octanol–water partition coefficient (Wildman–Crippen LogP) is -0.0155. The van der Waals surface area contributed by atoms with Crippen LogP contribution in [-0.2, 0) is 4.79 Å². The molecule has 0 aliphatic carbocycles. The Bertz CT molecular complexity index is 325. The minimum Gasteiger partial charge on any atom is -0.343 e. The van der Waals surface area contributed by atoms with Crippen molar-refractivity contribution in [2.24, 2.45) is 0 Å². The van der Waals surface area contributed by atoms with Crippen molar-refractivity contribution in [2.45, 2.75) is 6.04 Å². The summed E-state index contributed by atoms with van der Waals surface area (Å²) >= 11 is 0. The Labute approximate surface area is 82.9 Å². The highest BCUT2D eigenvalue weighted by molar-refractivity contribution is 5.83. The van der Waals surface area contributed by atoms with Crippen molar-refractivity contribution in [3.63, 3.8) is 0 Å². The summed E-state index contributed by atoms with van der Waals surface area (Å²) in [7, 11) is 1.82. The standard InChI is InChI=1S/C10H12N3O/c1-13-7-6-12-9(10(13)14)8-2-4-11-5-3-8/h2-4,9,12H,6-7H2,1H3. The van der Waals surface area contributed by atoms with E-state index in [1.54, 1.807) is 17.2 Å². The lowest BCUT2D eigenvalue weighted by Crippen LogP contribution is -2.48. The van der Waals surface area contributed by atoms with Crippen LogP contribution in [-0.4, -0.2) is 35.9 Å². The molecule has 1 aromatic heterocycles. The van der Waals surface area contributed by atoms with Crippen LogP contribution < -0.4 is 5.32 Å². The van der Waals surface area contributed by atoms with Crippen LogP contribution in [0.2, 0.25) is 0 Å². The number of hydrogen-bond acceptors (Lipinski definition) is 3. The molecule has 2 heterocycles. The third kappa shape index (κ3) is 1.61. The minimum atomic E-state index is -0.229. The summed E-state index contributed by atoms with van der Waals surface area (Å²) in [5.41, 5.74) is 0.927. The molecule has 1 aromatic rings. The molecule has 4 nitrogen and oxygen atoms in total. The zero-order chi connectivity index (χ0) is 9.97. The molecular formula is C10H12N3O. The van der Waals surface area contributed by atoms with E-state index in [4.69, 9.17) is 0 Å². The van der Waals surface area contributed by atoms with E-state index in [0.29, 0.717) is 0 Å². The zero-order valence-electron chi connectivity index (χ0n) is 8.03. The lowest BCUT2D eigenvalue weighted by atomic mass is 10.1. The van der Waals surface area contributed by atoms with Crippen molar-refractivity contribution in [3.8, 4) is 0 Å². The molecule has 0 spiro atoms. The second kappa shape index (κ2) is 3.75. The highest BCUT2D eigenvalue weighted by Crippen LogP contribution is 2.16. The molecule has 0 saturated carbocycles. The van der Waals surface area contributed by atoms with Gasteiger partial charge in [-0.05, 0) is 17.7 Å². The van der Waals surface area contributed by atoms with Crippen LogP contribution in [0.5, 0.6) is 0 Å². The average molecular weight is 190 g/mol. The fourth-order valence-electron chi connectivity index (χ4n) is 1.56. The zero-order valence-corrected chi connectivity index (χ0v) is 8.03. The van der Waals surface area contributed by atoms with Crippen LogP contribution in [0.15, 0.2) is 18.3 Å². The molecule has 1 saturated heterocycles. The average Bonchev–Trinajstić information content (AvgIpc) is 2.23. The fourth-order valence-corrected chi connectivity index (χ4v) is 1.56. The molecule has 1 atom stereocenters. The fraction of sp³-hybridized carbons (Fsp3) is 0.400. The Morgan fingerprint density at radius 1 is 1.71 bits per heavy atom. The first-order valence-corrected chi connectivity index (χ1v) is 4.59. The van der Waals surface area contributed by atoms with Gasteiger partial charge in [0.05, 0.1) is 6.20 Å². The normalized spacial score (nSPS) is 22.5. The van der Waals surface area contributed by atoms with Gasteiger partial charge in [-0.25, -0.2) is 0 Å². The number of likely N-dealkylation sites (N-methyl/N-ethyl adjacent to an activating group) is 1. The maximum atomic E-state index is 11.8. The van der Waals surface area contributed by atoms with E-state index < -0.39 is 0 Å². The van der Waals surface area contributed by atoms with E-state index >= 15 is 0 Å². The Hall–Kier alpha value is -1.42. The van der Waals surface area contributed by atoms with Crippen LogP contribution in [0, 0.1) is 6.20 Å². The van der Waals surface area contributed by atoms with Gasteiger partial charge in [-0.15, -0.1) is 0 Å².